The number of aryl methyl sites for hydroxylation is 2. The third-order valence-electron chi connectivity index (χ3n) is 3.97. The Bertz CT molecular complexity index is 763. The largest absolute Gasteiger partial charge is 0.342 e. The van der Waals surface area contributed by atoms with Crippen LogP contribution in [0, 0.1) is 0 Å². The van der Waals surface area contributed by atoms with E-state index in [2.05, 4.69) is 35.1 Å². The zero-order valence-corrected chi connectivity index (χ0v) is 13.2. The molecule has 1 aliphatic carbocycles. The number of hydrogen-bond donors (Lipinski definition) is 3. The standard InChI is InChI=1S/C16H19N3O2S/c20-15-10-14(18-16(21)19(15)7-8-22)17-13-6-5-11-3-1-2-4-12(11)9-13/h5-6,9-10,17,22H,1-4,7-8H2,(H,18,21). The normalized spacial score (nSPS) is 13.7. The van der Waals surface area contributed by atoms with Gasteiger partial charge in [0.15, 0.2) is 0 Å². The molecule has 0 aliphatic heterocycles. The number of fused-ring (bicyclic) bond motifs is 1. The van der Waals surface area contributed by atoms with Crippen LogP contribution in [0.2, 0.25) is 0 Å². The van der Waals surface area contributed by atoms with Gasteiger partial charge in [-0.05, 0) is 48.9 Å². The van der Waals surface area contributed by atoms with Crippen molar-refractivity contribution in [3.8, 4) is 0 Å². The second kappa shape index (κ2) is 6.44. The molecule has 0 radical (unpaired) electrons. The van der Waals surface area contributed by atoms with Gasteiger partial charge in [-0.15, -0.1) is 0 Å². The third kappa shape index (κ3) is 3.11. The molecule has 0 amide bonds. The number of hydrogen-bond acceptors (Lipinski definition) is 4. The fourth-order valence-electron chi connectivity index (χ4n) is 2.87. The minimum Gasteiger partial charge on any atom is -0.342 e. The highest BCUT2D eigenvalue weighted by molar-refractivity contribution is 7.80. The van der Waals surface area contributed by atoms with E-state index < -0.39 is 5.69 Å². The van der Waals surface area contributed by atoms with E-state index in [1.165, 1.54) is 30.0 Å². The lowest BCUT2D eigenvalue weighted by atomic mass is 9.91. The number of aromatic nitrogens is 2. The van der Waals surface area contributed by atoms with Gasteiger partial charge in [-0.1, -0.05) is 6.07 Å². The van der Waals surface area contributed by atoms with E-state index in [1.54, 1.807) is 0 Å². The van der Waals surface area contributed by atoms with Gasteiger partial charge in [-0.3, -0.25) is 14.3 Å². The van der Waals surface area contributed by atoms with Crippen molar-refractivity contribution >= 4 is 24.1 Å². The van der Waals surface area contributed by atoms with Crippen LogP contribution in [0.3, 0.4) is 0 Å². The lowest BCUT2D eigenvalue weighted by Crippen LogP contribution is -2.35. The first kappa shape index (κ1) is 15.0. The highest BCUT2D eigenvalue weighted by Gasteiger charge is 2.10. The summed E-state index contributed by atoms with van der Waals surface area (Å²) in [6.45, 7) is 0.302. The van der Waals surface area contributed by atoms with Gasteiger partial charge >= 0.3 is 5.69 Å². The minimum atomic E-state index is -0.415. The molecule has 1 aromatic carbocycles. The summed E-state index contributed by atoms with van der Waals surface area (Å²) < 4.78 is 1.14. The monoisotopic (exact) mass is 317 g/mol. The average molecular weight is 317 g/mol. The Labute approximate surface area is 133 Å². The maximum Gasteiger partial charge on any atom is 0.329 e. The Kier molecular flexibility index (Phi) is 4.38. The van der Waals surface area contributed by atoms with Crippen molar-refractivity contribution in [1.29, 1.82) is 0 Å². The van der Waals surface area contributed by atoms with Crippen molar-refractivity contribution in [2.24, 2.45) is 0 Å². The molecule has 0 saturated carbocycles. The van der Waals surface area contributed by atoms with Gasteiger partial charge in [0, 0.05) is 24.1 Å². The maximum atomic E-state index is 11.9. The summed E-state index contributed by atoms with van der Waals surface area (Å²) >= 11 is 4.05. The van der Waals surface area contributed by atoms with Gasteiger partial charge < -0.3 is 5.32 Å². The van der Waals surface area contributed by atoms with Gasteiger partial charge in [0.25, 0.3) is 5.56 Å². The summed E-state index contributed by atoms with van der Waals surface area (Å²) in [5.41, 5.74) is 2.90. The smallest absolute Gasteiger partial charge is 0.329 e. The molecule has 2 N–H and O–H groups in total. The number of anilines is 2. The van der Waals surface area contributed by atoms with Crippen LogP contribution < -0.4 is 16.6 Å². The molecule has 1 aromatic heterocycles. The summed E-state index contributed by atoms with van der Waals surface area (Å²) in [6, 6.07) is 7.62. The molecule has 6 heteroatoms. The Balaban J connectivity index is 1.87. The van der Waals surface area contributed by atoms with E-state index in [4.69, 9.17) is 0 Å². The number of thiol groups is 1. The molecule has 0 spiro atoms. The van der Waals surface area contributed by atoms with Crippen LogP contribution in [-0.4, -0.2) is 15.3 Å². The Morgan fingerprint density at radius 3 is 2.64 bits per heavy atom. The van der Waals surface area contributed by atoms with Crippen LogP contribution in [0.5, 0.6) is 0 Å². The Morgan fingerprint density at radius 2 is 1.91 bits per heavy atom. The molecule has 1 heterocycles. The molecule has 116 valence electrons. The van der Waals surface area contributed by atoms with E-state index >= 15 is 0 Å². The molecule has 0 atom stereocenters. The molecule has 3 rings (SSSR count). The number of aromatic amines is 1. The first-order chi connectivity index (χ1) is 10.7. The lowest BCUT2D eigenvalue weighted by molar-refractivity contribution is 0.682. The van der Waals surface area contributed by atoms with Crippen LogP contribution in [0.15, 0.2) is 33.9 Å². The number of nitrogens with zero attached hydrogens (tertiary/aromatic N) is 1. The lowest BCUT2D eigenvalue weighted by Gasteiger charge is -2.17. The molecule has 0 unspecified atom stereocenters. The predicted molar refractivity (Wildman–Crippen MR) is 91.5 cm³/mol. The fourth-order valence-corrected chi connectivity index (χ4v) is 3.07. The van der Waals surface area contributed by atoms with E-state index in [9.17, 15) is 9.59 Å². The maximum absolute atomic E-state index is 11.9. The second-order valence-electron chi connectivity index (χ2n) is 5.52. The van der Waals surface area contributed by atoms with Gasteiger partial charge in [-0.2, -0.15) is 12.6 Å². The molecule has 0 saturated heterocycles. The number of benzene rings is 1. The zero-order chi connectivity index (χ0) is 15.5. The summed E-state index contributed by atoms with van der Waals surface area (Å²) in [5, 5.41) is 3.12. The second-order valence-corrected chi connectivity index (χ2v) is 5.96. The SMILES string of the molecule is O=c1cc(Nc2ccc3c(c2)CCCC3)[nH]c(=O)n1CCS. The highest BCUT2D eigenvalue weighted by atomic mass is 32.1. The molecule has 5 nitrogen and oxygen atoms in total. The quantitative estimate of drug-likeness (QED) is 0.757. The molecule has 0 bridgehead atoms. The molecule has 1 aliphatic rings. The van der Waals surface area contributed by atoms with Gasteiger partial charge in [0.1, 0.15) is 5.82 Å². The topological polar surface area (TPSA) is 66.9 Å². The molecular weight excluding hydrogens is 298 g/mol. The number of rotatable bonds is 4. The highest BCUT2D eigenvalue weighted by Crippen LogP contribution is 2.25. The van der Waals surface area contributed by atoms with Gasteiger partial charge in [0.05, 0.1) is 0 Å². The minimum absolute atomic E-state index is 0.302. The van der Waals surface area contributed by atoms with Crippen LogP contribution in [0.4, 0.5) is 11.5 Å². The van der Waals surface area contributed by atoms with Crippen molar-refractivity contribution in [1.82, 2.24) is 9.55 Å². The van der Waals surface area contributed by atoms with E-state index in [1.807, 2.05) is 6.07 Å². The fraction of sp³-hybridized carbons (Fsp3) is 0.375. The van der Waals surface area contributed by atoms with Crippen LogP contribution in [-0.2, 0) is 19.4 Å². The molecular formula is C16H19N3O2S. The van der Waals surface area contributed by atoms with Crippen molar-refractivity contribution in [2.45, 2.75) is 32.2 Å². The average Bonchev–Trinajstić information content (AvgIpc) is 2.51. The van der Waals surface area contributed by atoms with Crippen molar-refractivity contribution in [3.63, 3.8) is 0 Å². The predicted octanol–water partition coefficient (Wildman–Crippen LogP) is 2.09. The van der Waals surface area contributed by atoms with E-state index in [0.717, 1.165) is 23.1 Å². The summed E-state index contributed by atoms with van der Waals surface area (Å²) in [6.07, 6.45) is 4.68. The summed E-state index contributed by atoms with van der Waals surface area (Å²) in [5.74, 6) is 0.863. The number of nitrogens with one attached hydrogen (secondary N) is 2. The summed E-state index contributed by atoms with van der Waals surface area (Å²) in [4.78, 5) is 26.5. The zero-order valence-electron chi connectivity index (χ0n) is 12.3. The summed E-state index contributed by atoms with van der Waals surface area (Å²) in [7, 11) is 0. The Hall–Kier alpha value is -1.95. The first-order valence-corrected chi connectivity index (χ1v) is 8.14. The van der Waals surface area contributed by atoms with E-state index in [-0.39, 0.29) is 5.56 Å². The third-order valence-corrected chi connectivity index (χ3v) is 4.17. The van der Waals surface area contributed by atoms with Crippen LogP contribution in [0.1, 0.15) is 24.0 Å². The van der Waals surface area contributed by atoms with E-state index in [0.29, 0.717) is 18.1 Å². The van der Waals surface area contributed by atoms with Gasteiger partial charge in [-0.25, -0.2) is 4.79 Å². The molecule has 0 fully saturated rings. The Morgan fingerprint density at radius 1 is 1.14 bits per heavy atom. The number of H-pyrrole nitrogens is 1. The molecule has 2 aromatic rings. The van der Waals surface area contributed by atoms with Crippen LogP contribution in [0.25, 0.3) is 0 Å². The first-order valence-electron chi connectivity index (χ1n) is 7.51. The van der Waals surface area contributed by atoms with Crippen molar-refractivity contribution < 1.29 is 0 Å². The van der Waals surface area contributed by atoms with Gasteiger partial charge in [0.2, 0.25) is 0 Å². The van der Waals surface area contributed by atoms with Crippen molar-refractivity contribution in [3.05, 3.63) is 56.2 Å². The van der Waals surface area contributed by atoms with Crippen molar-refractivity contribution in [2.75, 3.05) is 11.1 Å². The van der Waals surface area contributed by atoms with Crippen LogP contribution >= 0.6 is 12.6 Å². The molecule has 22 heavy (non-hydrogen) atoms.